The van der Waals surface area contributed by atoms with Gasteiger partial charge in [-0.2, -0.15) is 5.10 Å². The van der Waals surface area contributed by atoms with E-state index in [0.29, 0.717) is 12.0 Å². The quantitative estimate of drug-likeness (QED) is 0.922. The lowest BCUT2D eigenvalue weighted by molar-refractivity contribution is 0.607. The van der Waals surface area contributed by atoms with Gasteiger partial charge in [0.25, 0.3) is 0 Å². The molecule has 0 radical (unpaired) electrons. The third kappa shape index (κ3) is 2.50. The molecule has 0 saturated carbocycles. The number of nitrogens with zero attached hydrogens (tertiary/aromatic N) is 2. The molecule has 106 valence electrons. The summed E-state index contributed by atoms with van der Waals surface area (Å²) in [6.07, 6.45) is 4.57. The standard InChI is InChI=1S/C17H23N3/c1-12(2)13-6-8-14(9-7-13)15-11-20(3)19-17(15)16-5-4-10-18-16/h6-9,11-12,16,18H,4-5,10H2,1-3H3. The van der Waals surface area contributed by atoms with Crippen LogP contribution in [0, 0.1) is 0 Å². The van der Waals surface area contributed by atoms with Crippen molar-refractivity contribution < 1.29 is 0 Å². The van der Waals surface area contributed by atoms with Gasteiger partial charge in [0.15, 0.2) is 0 Å². The monoisotopic (exact) mass is 269 g/mol. The molecule has 1 aromatic carbocycles. The van der Waals surface area contributed by atoms with E-state index in [-0.39, 0.29) is 0 Å². The Labute approximate surface area is 121 Å². The van der Waals surface area contributed by atoms with Crippen LogP contribution in [0.1, 0.15) is 49.9 Å². The number of aryl methyl sites for hydroxylation is 1. The number of hydrogen-bond acceptors (Lipinski definition) is 2. The molecule has 1 aliphatic rings. The zero-order chi connectivity index (χ0) is 14.1. The van der Waals surface area contributed by atoms with Crippen molar-refractivity contribution in [1.82, 2.24) is 15.1 Å². The van der Waals surface area contributed by atoms with Gasteiger partial charge in [-0.05, 0) is 36.4 Å². The molecule has 3 heteroatoms. The van der Waals surface area contributed by atoms with Crippen LogP contribution in [0.5, 0.6) is 0 Å². The van der Waals surface area contributed by atoms with E-state index in [4.69, 9.17) is 0 Å². The second-order valence-corrected chi connectivity index (χ2v) is 6.03. The van der Waals surface area contributed by atoms with Crippen molar-refractivity contribution in [3.8, 4) is 11.1 Å². The molecule has 3 rings (SSSR count). The Bertz CT molecular complexity index is 575. The lowest BCUT2D eigenvalue weighted by Crippen LogP contribution is -2.14. The largest absolute Gasteiger partial charge is 0.309 e. The van der Waals surface area contributed by atoms with E-state index in [9.17, 15) is 0 Å². The van der Waals surface area contributed by atoms with Gasteiger partial charge >= 0.3 is 0 Å². The molecule has 1 fully saturated rings. The molecule has 3 nitrogen and oxygen atoms in total. The van der Waals surface area contributed by atoms with Crippen LogP contribution in [0.15, 0.2) is 30.5 Å². The summed E-state index contributed by atoms with van der Waals surface area (Å²) in [4.78, 5) is 0. The summed E-state index contributed by atoms with van der Waals surface area (Å²) < 4.78 is 1.93. The Kier molecular flexibility index (Phi) is 3.62. The van der Waals surface area contributed by atoms with Crippen LogP contribution in [-0.2, 0) is 7.05 Å². The van der Waals surface area contributed by atoms with E-state index in [1.165, 1.54) is 35.2 Å². The van der Waals surface area contributed by atoms with Crippen LogP contribution in [0.4, 0.5) is 0 Å². The summed E-state index contributed by atoms with van der Waals surface area (Å²) in [6.45, 7) is 5.56. The Morgan fingerprint density at radius 2 is 2.00 bits per heavy atom. The van der Waals surface area contributed by atoms with Crippen LogP contribution < -0.4 is 5.32 Å². The fourth-order valence-corrected chi connectivity index (χ4v) is 2.95. The third-order valence-corrected chi connectivity index (χ3v) is 4.14. The minimum Gasteiger partial charge on any atom is -0.309 e. The van der Waals surface area contributed by atoms with Gasteiger partial charge in [-0.15, -0.1) is 0 Å². The van der Waals surface area contributed by atoms with Gasteiger partial charge in [0.1, 0.15) is 0 Å². The molecule has 20 heavy (non-hydrogen) atoms. The number of nitrogens with one attached hydrogen (secondary N) is 1. The van der Waals surface area contributed by atoms with E-state index < -0.39 is 0 Å². The highest BCUT2D eigenvalue weighted by Gasteiger charge is 2.22. The van der Waals surface area contributed by atoms with Crippen molar-refractivity contribution in [2.75, 3.05) is 6.54 Å². The lowest BCUT2D eigenvalue weighted by atomic mass is 9.97. The van der Waals surface area contributed by atoms with Gasteiger partial charge in [0.05, 0.1) is 11.7 Å². The van der Waals surface area contributed by atoms with Crippen LogP contribution in [0.3, 0.4) is 0 Å². The van der Waals surface area contributed by atoms with Gasteiger partial charge < -0.3 is 5.32 Å². The zero-order valence-electron chi connectivity index (χ0n) is 12.6. The smallest absolute Gasteiger partial charge is 0.0872 e. The van der Waals surface area contributed by atoms with Gasteiger partial charge in [-0.1, -0.05) is 38.1 Å². The maximum Gasteiger partial charge on any atom is 0.0872 e. The highest BCUT2D eigenvalue weighted by Crippen LogP contribution is 2.32. The van der Waals surface area contributed by atoms with Gasteiger partial charge in [-0.3, -0.25) is 4.68 Å². The molecule has 0 amide bonds. The average molecular weight is 269 g/mol. The summed E-state index contributed by atoms with van der Waals surface area (Å²) in [6, 6.07) is 9.34. The van der Waals surface area contributed by atoms with E-state index in [0.717, 1.165) is 6.54 Å². The minimum absolute atomic E-state index is 0.413. The van der Waals surface area contributed by atoms with Gasteiger partial charge in [0.2, 0.25) is 0 Å². The third-order valence-electron chi connectivity index (χ3n) is 4.14. The Morgan fingerprint density at radius 1 is 1.25 bits per heavy atom. The first-order valence-corrected chi connectivity index (χ1v) is 7.52. The highest BCUT2D eigenvalue weighted by molar-refractivity contribution is 5.66. The van der Waals surface area contributed by atoms with Crippen molar-refractivity contribution in [3.63, 3.8) is 0 Å². The van der Waals surface area contributed by atoms with Gasteiger partial charge in [0, 0.05) is 18.8 Å². The summed E-state index contributed by atoms with van der Waals surface area (Å²) >= 11 is 0. The van der Waals surface area contributed by atoms with E-state index in [1.807, 2.05) is 11.7 Å². The van der Waals surface area contributed by atoms with E-state index in [1.54, 1.807) is 0 Å². The Morgan fingerprint density at radius 3 is 2.60 bits per heavy atom. The molecule has 0 bridgehead atoms. The first-order valence-electron chi connectivity index (χ1n) is 7.52. The molecule has 1 aromatic heterocycles. The summed E-state index contributed by atoms with van der Waals surface area (Å²) in [5.74, 6) is 0.578. The minimum atomic E-state index is 0.413. The molecule has 1 unspecified atom stereocenters. The van der Waals surface area contributed by atoms with Crippen LogP contribution >= 0.6 is 0 Å². The number of benzene rings is 1. The highest BCUT2D eigenvalue weighted by atomic mass is 15.3. The molecule has 1 aliphatic heterocycles. The maximum atomic E-state index is 4.68. The number of hydrogen-bond donors (Lipinski definition) is 1. The molecule has 0 spiro atoms. The van der Waals surface area contributed by atoms with Gasteiger partial charge in [-0.25, -0.2) is 0 Å². The van der Waals surface area contributed by atoms with Crippen molar-refractivity contribution in [1.29, 1.82) is 0 Å². The first-order chi connectivity index (χ1) is 9.65. The van der Waals surface area contributed by atoms with E-state index >= 15 is 0 Å². The maximum absolute atomic E-state index is 4.68. The second-order valence-electron chi connectivity index (χ2n) is 6.03. The van der Waals surface area contributed by atoms with Crippen molar-refractivity contribution in [2.24, 2.45) is 7.05 Å². The number of rotatable bonds is 3. The predicted octanol–water partition coefficient (Wildman–Crippen LogP) is 3.64. The fraction of sp³-hybridized carbons (Fsp3) is 0.471. The first kappa shape index (κ1) is 13.4. The Balaban J connectivity index is 1.96. The average Bonchev–Trinajstić information content (AvgIpc) is 3.07. The Hall–Kier alpha value is -1.61. The van der Waals surface area contributed by atoms with E-state index in [2.05, 4.69) is 54.7 Å². The molecular weight excluding hydrogens is 246 g/mol. The van der Waals surface area contributed by atoms with Crippen molar-refractivity contribution in [2.45, 2.75) is 38.6 Å². The van der Waals surface area contributed by atoms with Crippen molar-refractivity contribution >= 4 is 0 Å². The topological polar surface area (TPSA) is 29.9 Å². The predicted molar refractivity (Wildman–Crippen MR) is 82.7 cm³/mol. The molecule has 1 N–H and O–H groups in total. The fourth-order valence-electron chi connectivity index (χ4n) is 2.95. The second kappa shape index (κ2) is 5.41. The molecule has 2 aromatic rings. The summed E-state index contributed by atoms with van der Waals surface area (Å²) in [5, 5.41) is 8.23. The summed E-state index contributed by atoms with van der Waals surface area (Å²) in [7, 11) is 2.00. The van der Waals surface area contributed by atoms with Crippen LogP contribution in [0.2, 0.25) is 0 Å². The zero-order valence-corrected chi connectivity index (χ0v) is 12.6. The molecule has 1 atom stereocenters. The van der Waals surface area contributed by atoms with Crippen molar-refractivity contribution in [3.05, 3.63) is 41.7 Å². The van der Waals surface area contributed by atoms with Crippen LogP contribution in [0.25, 0.3) is 11.1 Å². The molecular formula is C17H23N3. The molecule has 1 saturated heterocycles. The molecule has 2 heterocycles. The lowest BCUT2D eigenvalue weighted by Gasteiger charge is -2.11. The van der Waals surface area contributed by atoms with Crippen LogP contribution in [-0.4, -0.2) is 16.3 Å². The summed E-state index contributed by atoms with van der Waals surface area (Å²) in [5.41, 5.74) is 5.12. The molecule has 0 aliphatic carbocycles. The normalized spacial score (nSPS) is 18.9. The number of aromatic nitrogens is 2. The SMILES string of the molecule is CC(C)c1ccc(-c2cn(C)nc2C2CCCN2)cc1.